The van der Waals surface area contributed by atoms with Crippen molar-refractivity contribution in [1.82, 2.24) is 15.5 Å². The predicted octanol–water partition coefficient (Wildman–Crippen LogP) is 2.31. The molecule has 9 heteroatoms. The number of nitrogens with one attached hydrogen (secondary N) is 1. The number of fused-ring (bicyclic) bond motifs is 1. The summed E-state index contributed by atoms with van der Waals surface area (Å²) < 4.78 is 16.0. The molecule has 0 saturated heterocycles. The van der Waals surface area contributed by atoms with Crippen LogP contribution in [0.3, 0.4) is 0 Å². The molecule has 3 heterocycles. The average molecular weight is 382 g/mol. The summed E-state index contributed by atoms with van der Waals surface area (Å²) in [6, 6.07) is 8.84. The van der Waals surface area contributed by atoms with Gasteiger partial charge in [-0.05, 0) is 44.2 Å². The van der Waals surface area contributed by atoms with E-state index in [1.807, 2.05) is 19.9 Å². The maximum atomic E-state index is 12.2. The van der Waals surface area contributed by atoms with Crippen LogP contribution in [0.15, 0.2) is 39.3 Å². The monoisotopic (exact) mass is 382 g/mol. The normalized spacial score (nSPS) is 13.2. The van der Waals surface area contributed by atoms with Gasteiger partial charge in [0, 0.05) is 12.1 Å². The third-order valence-electron chi connectivity index (χ3n) is 4.32. The number of benzene rings is 1. The van der Waals surface area contributed by atoms with Crippen LogP contribution in [0.4, 0.5) is 5.69 Å². The fraction of sp³-hybridized carbons (Fsp3) is 0.263. The molecule has 2 aromatic heterocycles. The molecule has 3 aromatic rings. The highest BCUT2D eigenvalue weighted by Crippen LogP contribution is 2.35. The van der Waals surface area contributed by atoms with Crippen LogP contribution in [0.1, 0.15) is 29.1 Å². The second-order valence-corrected chi connectivity index (χ2v) is 6.23. The Kier molecular flexibility index (Phi) is 4.56. The SMILES string of the molecule is CCN1C(=O)COc2cc(-c3noc(C(=O)NCc4ccc(C)o4)n3)ccc21. The molecule has 0 spiro atoms. The third-order valence-corrected chi connectivity index (χ3v) is 4.32. The average Bonchev–Trinajstić information content (AvgIpc) is 3.35. The number of carbonyl (C=O) groups is 2. The van der Waals surface area contributed by atoms with Crippen LogP contribution >= 0.6 is 0 Å². The van der Waals surface area contributed by atoms with Gasteiger partial charge in [-0.2, -0.15) is 4.98 Å². The first-order valence-corrected chi connectivity index (χ1v) is 8.80. The molecule has 0 unspecified atom stereocenters. The second kappa shape index (κ2) is 7.18. The summed E-state index contributed by atoms with van der Waals surface area (Å²) in [5.41, 5.74) is 1.31. The van der Waals surface area contributed by atoms with Gasteiger partial charge in [0.25, 0.3) is 5.91 Å². The lowest BCUT2D eigenvalue weighted by Crippen LogP contribution is -2.38. The fourth-order valence-corrected chi connectivity index (χ4v) is 2.95. The minimum absolute atomic E-state index is 0.0174. The zero-order valence-electron chi connectivity index (χ0n) is 15.4. The quantitative estimate of drug-likeness (QED) is 0.721. The number of likely N-dealkylation sites (N-methyl/N-ethyl adjacent to an activating group) is 1. The Morgan fingerprint density at radius 3 is 2.89 bits per heavy atom. The number of carbonyl (C=O) groups excluding carboxylic acids is 2. The standard InChI is InChI=1S/C19H18N4O5/c1-3-23-14-7-5-12(8-15(14)26-10-16(23)24)17-21-19(28-22-17)18(25)20-9-13-6-4-11(2)27-13/h4-8H,3,9-10H2,1-2H3,(H,20,25). The molecular formula is C19H18N4O5. The van der Waals surface area contributed by atoms with Crippen molar-refractivity contribution in [3.63, 3.8) is 0 Å². The van der Waals surface area contributed by atoms with Gasteiger partial charge in [-0.25, -0.2) is 0 Å². The second-order valence-electron chi connectivity index (χ2n) is 6.23. The van der Waals surface area contributed by atoms with E-state index in [9.17, 15) is 9.59 Å². The first kappa shape index (κ1) is 17.8. The molecule has 0 bridgehead atoms. The zero-order valence-corrected chi connectivity index (χ0v) is 15.4. The number of rotatable bonds is 5. The number of aryl methyl sites for hydroxylation is 1. The molecule has 1 aliphatic rings. The molecule has 2 amide bonds. The Labute approximate surface area is 160 Å². The number of aromatic nitrogens is 2. The Morgan fingerprint density at radius 2 is 2.14 bits per heavy atom. The largest absolute Gasteiger partial charge is 0.482 e. The molecule has 0 aliphatic carbocycles. The number of hydrogen-bond acceptors (Lipinski definition) is 7. The number of ether oxygens (including phenoxy) is 1. The van der Waals surface area contributed by atoms with E-state index in [0.29, 0.717) is 29.3 Å². The maximum Gasteiger partial charge on any atom is 0.316 e. The van der Waals surface area contributed by atoms with Gasteiger partial charge in [0.15, 0.2) is 6.61 Å². The topological polar surface area (TPSA) is 111 Å². The summed E-state index contributed by atoms with van der Waals surface area (Å²) in [5.74, 6) is 1.48. The smallest absolute Gasteiger partial charge is 0.316 e. The Balaban J connectivity index is 1.49. The van der Waals surface area contributed by atoms with E-state index in [-0.39, 0.29) is 30.8 Å². The summed E-state index contributed by atoms with van der Waals surface area (Å²) in [4.78, 5) is 29.9. The summed E-state index contributed by atoms with van der Waals surface area (Å²) in [7, 11) is 0. The van der Waals surface area contributed by atoms with Gasteiger partial charge in [-0.1, -0.05) is 5.16 Å². The minimum atomic E-state index is -0.496. The van der Waals surface area contributed by atoms with Gasteiger partial charge in [0.05, 0.1) is 12.2 Å². The number of furan rings is 1. The molecule has 28 heavy (non-hydrogen) atoms. The van der Waals surface area contributed by atoms with E-state index in [4.69, 9.17) is 13.7 Å². The lowest BCUT2D eigenvalue weighted by atomic mass is 10.1. The van der Waals surface area contributed by atoms with Crippen LogP contribution in [0.2, 0.25) is 0 Å². The Bertz CT molecular complexity index is 1040. The first-order chi connectivity index (χ1) is 13.5. The third kappa shape index (κ3) is 3.34. The highest BCUT2D eigenvalue weighted by molar-refractivity contribution is 5.98. The van der Waals surface area contributed by atoms with Gasteiger partial charge in [-0.15, -0.1) is 0 Å². The molecule has 0 radical (unpaired) electrons. The summed E-state index contributed by atoms with van der Waals surface area (Å²) in [5, 5.41) is 6.53. The lowest BCUT2D eigenvalue weighted by Gasteiger charge is -2.28. The molecule has 1 aromatic carbocycles. The van der Waals surface area contributed by atoms with Crippen molar-refractivity contribution < 1.29 is 23.3 Å². The van der Waals surface area contributed by atoms with Crippen molar-refractivity contribution in [2.24, 2.45) is 0 Å². The van der Waals surface area contributed by atoms with Crippen molar-refractivity contribution in [3.05, 3.63) is 47.7 Å². The van der Waals surface area contributed by atoms with Crippen molar-refractivity contribution in [1.29, 1.82) is 0 Å². The number of anilines is 1. The molecule has 0 saturated carbocycles. The molecule has 1 aliphatic heterocycles. The molecule has 144 valence electrons. The van der Waals surface area contributed by atoms with Crippen LogP contribution in [0.25, 0.3) is 11.4 Å². The van der Waals surface area contributed by atoms with Gasteiger partial charge in [0.2, 0.25) is 5.82 Å². The van der Waals surface area contributed by atoms with Gasteiger partial charge in [-0.3, -0.25) is 9.59 Å². The molecule has 4 rings (SSSR count). The van der Waals surface area contributed by atoms with E-state index in [0.717, 1.165) is 5.76 Å². The number of amides is 2. The Morgan fingerprint density at radius 1 is 1.29 bits per heavy atom. The molecule has 0 fully saturated rings. The van der Waals surface area contributed by atoms with Gasteiger partial charge in [0.1, 0.15) is 17.3 Å². The number of nitrogens with zero attached hydrogens (tertiary/aromatic N) is 3. The molecule has 9 nitrogen and oxygen atoms in total. The van der Waals surface area contributed by atoms with Crippen LogP contribution in [0, 0.1) is 6.92 Å². The van der Waals surface area contributed by atoms with Crippen LogP contribution in [-0.2, 0) is 11.3 Å². The highest BCUT2D eigenvalue weighted by atomic mass is 16.5. The van der Waals surface area contributed by atoms with Gasteiger partial charge < -0.3 is 23.9 Å². The van der Waals surface area contributed by atoms with Crippen LogP contribution in [-0.4, -0.2) is 35.1 Å². The summed E-state index contributed by atoms with van der Waals surface area (Å²) >= 11 is 0. The van der Waals surface area contributed by atoms with E-state index in [2.05, 4.69) is 15.5 Å². The number of hydrogen-bond donors (Lipinski definition) is 1. The zero-order chi connectivity index (χ0) is 19.7. The van der Waals surface area contributed by atoms with Crippen LogP contribution in [0.5, 0.6) is 5.75 Å². The highest BCUT2D eigenvalue weighted by Gasteiger charge is 2.25. The maximum absolute atomic E-state index is 12.2. The summed E-state index contributed by atoms with van der Waals surface area (Å²) in [6.45, 7) is 4.48. The van der Waals surface area contributed by atoms with Gasteiger partial charge >= 0.3 is 11.8 Å². The van der Waals surface area contributed by atoms with Crippen molar-refractivity contribution >= 4 is 17.5 Å². The minimum Gasteiger partial charge on any atom is -0.482 e. The van der Waals surface area contributed by atoms with E-state index in [1.165, 1.54) is 0 Å². The lowest BCUT2D eigenvalue weighted by molar-refractivity contribution is -0.121. The molecule has 1 N–H and O–H groups in total. The first-order valence-electron chi connectivity index (χ1n) is 8.80. The fourth-order valence-electron chi connectivity index (χ4n) is 2.95. The van der Waals surface area contributed by atoms with E-state index < -0.39 is 5.91 Å². The predicted molar refractivity (Wildman–Crippen MR) is 97.9 cm³/mol. The van der Waals surface area contributed by atoms with Crippen molar-refractivity contribution in [3.8, 4) is 17.1 Å². The summed E-state index contributed by atoms with van der Waals surface area (Å²) in [6.07, 6.45) is 0. The van der Waals surface area contributed by atoms with E-state index >= 15 is 0 Å². The van der Waals surface area contributed by atoms with Crippen molar-refractivity contribution in [2.75, 3.05) is 18.1 Å². The molecule has 0 atom stereocenters. The Hall–Kier alpha value is -3.62. The van der Waals surface area contributed by atoms with E-state index in [1.54, 1.807) is 29.2 Å². The molecular weight excluding hydrogens is 364 g/mol. The van der Waals surface area contributed by atoms with Crippen molar-refractivity contribution in [2.45, 2.75) is 20.4 Å². The van der Waals surface area contributed by atoms with Crippen LogP contribution < -0.4 is 15.0 Å².